The second-order valence-corrected chi connectivity index (χ2v) is 6.56. The molecule has 104 valence electrons. The predicted octanol–water partition coefficient (Wildman–Crippen LogP) is 2.01. The molecule has 4 N–H and O–H groups in total. The molecule has 0 aromatic heterocycles. The molecule has 4 nitrogen and oxygen atoms in total. The van der Waals surface area contributed by atoms with Gasteiger partial charge in [-0.05, 0) is 38.4 Å². The van der Waals surface area contributed by atoms with Crippen molar-refractivity contribution in [2.24, 2.45) is 10.8 Å². The lowest BCUT2D eigenvalue weighted by molar-refractivity contribution is 0.439. The van der Waals surface area contributed by atoms with E-state index >= 15 is 0 Å². The molecule has 2 unspecified atom stereocenters. The summed E-state index contributed by atoms with van der Waals surface area (Å²) < 4.78 is 0. The normalized spacial score (nSPS) is 30.4. The van der Waals surface area contributed by atoms with Crippen molar-refractivity contribution in [1.29, 1.82) is 0 Å². The van der Waals surface area contributed by atoms with Crippen molar-refractivity contribution in [1.82, 2.24) is 10.7 Å². The fourth-order valence-electron chi connectivity index (χ4n) is 2.99. The highest BCUT2D eigenvalue weighted by atomic mass is 32.2. The zero-order chi connectivity index (χ0) is 12.8. The van der Waals surface area contributed by atoms with Crippen LogP contribution in [0.5, 0.6) is 0 Å². The van der Waals surface area contributed by atoms with E-state index in [-0.39, 0.29) is 0 Å². The molecule has 0 aromatic carbocycles. The maximum atomic E-state index is 5.59. The summed E-state index contributed by atoms with van der Waals surface area (Å²) in [5.41, 5.74) is 2.74. The average Bonchev–Trinajstić information content (AvgIpc) is 2.87. The van der Waals surface area contributed by atoms with Gasteiger partial charge in [0.1, 0.15) is 0 Å². The molecule has 2 atom stereocenters. The molecule has 0 aliphatic heterocycles. The molecular weight excluding hydrogens is 244 g/mol. The molecule has 2 rings (SSSR count). The smallest absolute Gasteiger partial charge is 0.206 e. The summed E-state index contributed by atoms with van der Waals surface area (Å²) in [6, 6.07) is 1.01. The molecule has 0 amide bonds. The van der Waals surface area contributed by atoms with Crippen molar-refractivity contribution >= 4 is 17.7 Å². The van der Waals surface area contributed by atoms with Crippen LogP contribution in [0.1, 0.15) is 51.4 Å². The molecule has 2 aliphatic carbocycles. The first-order valence-corrected chi connectivity index (χ1v) is 8.44. The Hall–Kier alpha value is -0.420. The minimum Gasteiger partial charge on any atom is -0.353 e. The molecule has 0 radical (unpaired) electrons. The van der Waals surface area contributed by atoms with E-state index in [0.717, 1.165) is 11.2 Å². The number of hydrogen-bond acceptors (Lipinski definition) is 3. The van der Waals surface area contributed by atoms with Gasteiger partial charge >= 0.3 is 0 Å². The van der Waals surface area contributed by atoms with Gasteiger partial charge in [-0.25, -0.2) is 10.8 Å². The van der Waals surface area contributed by atoms with E-state index in [0.29, 0.717) is 12.1 Å². The Morgan fingerprint density at radius 2 is 1.94 bits per heavy atom. The number of nitrogens with one attached hydrogen (secondary N) is 2. The molecule has 0 aromatic rings. The number of hydrogen-bond donors (Lipinski definition) is 3. The largest absolute Gasteiger partial charge is 0.353 e. The molecule has 2 aliphatic rings. The van der Waals surface area contributed by atoms with Crippen molar-refractivity contribution in [2.45, 2.75) is 68.7 Å². The Labute approximate surface area is 115 Å². The van der Waals surface area contributed by atoms with Gasteiger partial charge in [-0.3, -0.25) is 5.43 Å². The Morgan fingerprint density at radius 1 is 1.17 bits per heavy atom. The summed E-state index contributed by atoms with van der Waals surface area (Å²) in [5.74, 6) is 6.39. The second-order valence-electron chi connectivity index (χ2n) is 5.43. The maximum absolute atomic E-state index is 5.59. The van der Waals surface area contributed by atoms with Crippen molar-refractivity contribution < 1.29 is 0 Å². The first-order chi connectivity index (χ1) is 8.81. The van der Waals surface area contributed by atoms with Crippen LogP contribution in [0.2, 0.25) is 0 Å². The highest BCUT2D eigenvalue weighted by Gasteiger charge is 2.24. The van der Waals surface area contributed by atoms with E-state index in [1.807, 2.05) is 11.8 Å². The van der Waals surface area contributed by atoms with Crippen LogP contribution in [-0.2, 0) is 0 Å². The number of thioether (sulfide) groups is 1. The second kappa shape index (κ2) is 7.24. The van der Waals surface area contributed by atoms with Crippen LogP contribution in [0.25, 0.3) is 0 Å². The monoisotopic (exact) mass is 270 g/mol. The Kier molecular flexibility index (Phi) is 5.63. The summed E-state index contributed by atoms with van der Waals surface area (Å²) in [5, 5.41) is 4.28. The predicted molar refractivity (Wildman–Crippen MR) is 79.7 cm³/mol. The summed E-state index contributed by atoms with van der Waals surface area (Å²) in [6.45, 7) is 0. The van der Waals surface area contributed by atoms with Crippen molar-refractivity contribution in [3.63, 3.8) is 0 Å². The molecule has 0 spiro atoms. The van der Waals surface area contributed by atoms with Gasteiger partial charge in [0.15, 0.2) is 0 Å². The van der Waals surface area contributed by atoms with E-state index in [1.165, 1.54) is 51.4 Å². The first kappa shape index (κ1) is 14.0. The van der Waals surface area contributed by atoms with Gasteiger partial charge in [-0.15, -0.1) is 0 Å². The van der Waals surface area contributed by atoms with Crippen LogP contribution in [0.3, 0.4) is 0 Å². The molecule has 0 saturated heterocycles. The van der Waals surface area contributed by atoms with Gasteiger partial charge in [0.25, 0.3) is 0 Å². The summed E-state index contributed by atoms with van der Waals surface area (Å²) >= 11 is 1.97. The Morgan fingerprint density at radius 3 is 2.56 bits per heavy atom. The van der Waals surface area contributed by atoms with Gasteiger partial charge in [0.2, 0.25) is 5.96 Å². The highest BCUT2D eigenvalue weighted by Crippen LogP contribution is 2.28. The summed E-state index contributed by atoms with van der Waals surface area (Å²) in [7, 11) is 0. The summed E-state index contributed by atoms with van der Waals surface area (Å²) in [4.78, 5) is 4.73. The third kappa shape index (κ3) is 4.05. The molecule has 18 heavy (non-hydrogen) atoms. The van der Waals surface area contributed by atoms with Crippen molar-refractivity contribution in [3.05, 3.63) is 0 Å². The van der Waals surface area contributed by atoms with Crippen molar-refractivity contribution in [3.8, 4) is 0 Å². The molecule has 0 bridgehead atoms. The van der Waals surface area contributed by atoms with E-state index in [1.54, 1.807) is 0 Å². The van der Waals surface area contributed by atoms with Gasteiger partial charge in [0.05, 0.1) is 6.04 Å². The van der Waals surface area contributed by atoms with Crippen molar-refractivity contribution in [2.75, 3.05) is 6.26 Å². The number of guanidine groups is 1. The summed E-state index contributed by atoms with van der Waals surface area (Å²) in [6.07, 6.45) is 12.4. The molecule has 2 saturated carbocycles. The fraction of sp³-hybridized carbons (Fsp3) is 0.923. The molecular formula is C13H26N4S. The van der Waals surface area contributed by atoms with E-state index in [4.69, 9.17) is 10.8 Å². The first-order valence-electron chi connectivity index (χ1n) is 7.15. The highest BCUT2D eigenvalue weighted by molar-refractivity contribution is 7.99. The number of hydrazine groups is 1. The van der Waals surface area contributed by atoms with Crippen LogP contribution in [0, 0.1) is 0 Å². The Bertz CT molecular complexity index is 276. The van der Waals surface area contributed by atoms with E-state index in [2.05, 4.69) is 17.0 Å². The number of rotatable bonds is 3. The topological polar surface area (TPSA) is 62.4 Å². The molecule has 5 heteroatoms. The van der Waals surface area contributed by atoms with Gasteiger partial charge in [0, 0.05) is 11.3 Å². The minimum atomic E-state index is 0.468. The van der Waals surface area contributed by atoms with Gasteiger partial charge in [-0.2, -0.15) is 11.8 Å². The lowest BCUT2D eigenvalue weighted by Gasteiger charge is -2.21. The standard InChI is InChI=1S/C13H26N4S/c1-18-12-8-7-11(9-12)16-13(17-14)15-10-5-3-2-4-6-10/h10-12H,2-9,14H2,1H3,(H2,15,16,17). The number of aliphatic imine (C=N–C) groups is 1. The quantitative estimate of drug-likeness (QED) is 0.318. The molecule has 2 fully saturated rings. The third-order valence-electron chi connectivity index (χ3n) is 4.08. The van der Waals surface area contributed by atoms with Crippen LogP contribution in [0.4, 0.5) is 0 Å². The van der Waals surface area contributed by atoms with Gasteiger partial charge in [-0.1, -0.05) is 19.3 Å². The number of nitrogens with zero attached hydrogens (tertiary/aromatic N) is 1. The zero-order valence-electron chi connectivity index (χ0n) is 11.3. The Balaban J connectivity index is 1.82. The third-order valence-corrected chi connectivity index (χ3v) is 5.18. The number of nitrogens with two attached hydrogens (primary N) is 1. The van der Waals surface area contributed by atoms with E-state index < -0.39 is 0 Å². The fourth-order valence-corrected chi connectivity index (χ4v) is 3.78. The molecule has 0 heterocycles. The van der Waals surface area contributed by atoms with Crippen LogP contribution < -0.4 is 16.6 Å². The van der Waals surface area contributed by atoms with E-state index in [9.17, 15) is 0 Å². The average molecular weight is 270 g/mol. The zero-order valence-corrected chi connectivity index (χ0v) is 12.1. The lowest BCUT2D eigenvalue weighted by atomic mass is 9.96. The minimum absolute atomic E-state index is 0.468. The lowest BCUT2D eigenvalue weighted by Crippen LogP contribution is -2.46. The van der Waals surface area contributed by atoms with Crippen LogP contribution in [-0.4, -0.2) is 29.5 Å². The van der Waals surface area contributed by atoms with Crippen LogP contribution in [0.15, 0.2) is 4.99 Å². The maximum Gasteiger partial charge on any atom is 0.206 e. The SMILES string of the molecule is CSC1CCC(NC(=NC2CCCCC2)NN)C1. The van der Waals surface area contributed by atoms with Gasteiger partial charge < -0.3 is 5.32 Å². The van der Waals surface area contributed by atoms with Crippen LogP contribution >= 0.6 is 11.8 Å².